The topological polar surface area (TPSA) is 69.6 Å². The lowest BCUT2D eigenvalue weighted by molar-refractivity contribution is -0.149. The fourth-order valence-corrected chi connectivity index (χ4v) is 5.60. The van der Waals surface area contributed by atoms with Crippen molar-refractivity contribution in [3.8, 4) is 0 Å². The Kier molecular flexibility index (Phi) is 3.35. The minimum Gasteiger partial charge on any atom is -0.481 e. The van der Waals surface area contributed by atoms with Crippen molar-refractivity contribution in [3.05, 3.63) is 0 Å². The van der Waals surface area contributed by atoms with Crippen molar-refractivity contribution in [2.75, 3.05) is 13.1 Å². The van der Waals surface area contributed by atoms with Gasteiger partial charge in [0, 0.05) is 19.1 Å². The van der Waals surface area contributed by atoms with Gasteiger partial charge in [-0.3, -0.25) is 4.79 Å². The number of likely N-dealkylation sites (tertiary alicyclic amines) is 1. The summed E-state index contributed by atoms with van der Waals surface area (Å²) >= 11 is 0. The van der Waals surface area contributed by atoms with Crippen molar-refractivity contribution in [2.24, 2.45) is 23.2 Å². The Morgan fingerprint density at radius 1 is 1.14 bits per heavy atom. The maximum Gasteiger partial charge on any atom is 0.317 e. The molecule has 122 valence electrons. The highest BCUT2D eigenvalue weighted by Gasteiger charge is 2.56. The summed E-state index contributed by atoms with van der Waals surface area (Å²) in [6.45, 7) is 1.03. The Hall–Kier alpha value is -1.26. The van der Waals surface area contributed by atoms with E-state index in [0.29, 0.717) is 25.0 Å². The molecule has 5 heteroatoms. The molecule has 1 heterocycles. The maximum atomic E-state index is 12.6. The average Bonchev–Trinajstić information content (AvgIpc) is 3.06. The monoisotopic (exact) mass is 306 g/mol. The first kappa shape index (κ1) is 14.3. The van der Waals surface area contributed by atoms with Crippen LogP contribution in [0.25, 0.3) is 0 Å². The lowest BCUT2D eigenvalue weighted by Crippen LogP contribution is -2.51. The molecule has 2 bridgehead atoms. The highest BCUT2D eigenvalue weighted by atomic mass is 16.4. The lowest BCUT2D eigenvalue weighted by atomic mass is 9.68. The van der Waals surface area contributed by atoms with Gasteiger partial charge in [-0.2, -0.15) is 0 Å². The van der Waals surface area contributed by atoms with Gasteiger partial charge in [0.1, 0.15) is 0 Å². The van der Waals surface area contributed by atoms with Crippen LogP contribution in [0.4, 0.5) is 4.79 Å². The molecule has 0 aromatic heterocycles. The van der Waals surface area contributed by atoms with Gasteiger partial charge in [-0.15, -0.1) is 0 Å². The zero-order chi connectivity index (χ0) is 15.3. The van der Waals surface area contributed by atoms with Crippen molar-refractivity contribution in [1.29, 1.82) is 0 Å². The second-order valence-electron chi connectivity index (χ2n) is 8.00. The Morgan fingerprint density at radius 3 is 2.50 bits per heavy atom. The molecule has 5 rings (SSSR count). The highest BCUT2D eigenvalue weighted by Crippen LogP contribution is 2.49. The van der Waals surface area contributed by atoms with Crippen LogP contribution in [-0.2, 0) is 4.79 Å². The minimum absolute atomic E-state index is 0.0208. The van der Waals surface area contributed by atoms with Gasteiger partial charge in [0.05, 0.1) is 5.41 Å². The van der Waals surface area contributed by atoms with Crippen LogP contribution in [0, 0.1) is 23.2 Å². The van der Waals surface area contributed by atoms with Crippen LogP contribution in [-0.4, -0.2) is 41.1 Å². The number of aliphatic carboxylic acids is 1. The summed E-state index contributed by atoms with van der Waals surface area (Å²) in [5.74, 6) is 0.878. The van der Waals surface area contributed by atoms with Gasteiger partial charge in [-0.25, -0.2) is 4.79 Å². The number of carbonyl (C=O) groups excluding carboxylic acids is 1. The third-order valence-electron chi connectivity index (χ3n) is 6.94. The Morgan fingerprint density at radius 2 is 1.91 bits per heavy atom. The molecule has 4 saturated carbocycles. The quantitative estimate of drug-likeness (QED) is 0.823. The first-order chi connectivity index (χ1) is 10.6. The summed E-state index contributed by atoms with van der Waals surface area (Å²) in [6, 6.07) is 0.300. The number of nitrogens with one attached hydrogen (secondary N) is 1. The number of carbonyl (C=O) groups is 2. The molecule has 5 nitrogen and oxygen atoms in total. The largest absolute Gasteiger partial charge is 0.481 e. The normalized spacial score (nSPS) is 43.2. The number of amides is 2. The van der Waals surface area contributed by atoms with Crippen LogP contribution >= 0.6 is 0 Å². The molecule has 5 aliphatic rings. The number of urea groups is 1. The Balaban J connectivity index is 1.41. The summed E-state index contributed by atoms with van der Waals surface area (Å²) in [7, 11) is 0. The molecule has 1 aliphatic heterocycles. The zero-order valence-electron chi connectivity index (χ0n) is 13.1. The molecular weight excluding hydrogens is 280 g/mol. The highest BCUT2D eigenvalue weighted by molar-refractivity contribution is 5.80. The molecule has 0 radical (unpaired) electrons. The fraction of sp³-hybridized carbons (Fsp3) is 0.882. The van der Waals surface area contributed by atoms with Crippen LogP contribution in [0.1, 0.15) is 51.4 Å². The second kappa shape index (κ2) is 5.14. The fourth-order valence-electron chi connectivity index (χ4n) is 5.60. The summed E-state index contributed by atoms with van der Waals surface area (Å²) in [5, 5.41) is 12.9. The Labute approximate surface area is 131 Å². The van der Waals surface area contributed by atoms with Gasteiger partial charge in [-0.1, -0.05) is 19.3 Å². The predicted octanol–water partition coefficient (Wildman–Crippen LogP) is 2.46. The molecule has 1 unspecified atom stereocenters. The van der Waals surface area contributed by atoms with E-state index in [4.69, 9.17) is 0 Å². The number of hydrogen-bond donors (Lipinski definition) is 2. The molecule has 2 amide bonds. The van der Waals surface area contributed by atoms with E-state index in [2.05, 4.69) is 5.32 Å². The van der Waals surface area contributed by atoms with Crippen molar-refractivity contribution in [3.63, 3.8) is 0 Å². The van der Waals surface area contributed by atoms with Crippen molar-refractivity contribution >= 4 is 12.0 Å². The van der Waals surface area contributed by atoms with E-state index in [1.165, 1.54) is 25.7 Å². The molecule has 0 aromatic carbocycles. The minimum atomic E-state index is -0.706. The van der Waals surface area contributed by atoms with E-state index < -0.39 is 11.4 Å². The third-order valence-corrected chi connectivity index (χ3v) is 6.94. The second-order valence-corrected chi connectivity index (χ2v) is 8.00. The molecule has 5 fully saturated rings. The number of carboxylic acids is 1. The molecule has 22 heavy (non-hydrogen) atoms. The van der Waals surface area contributed by atoms with Gasteiger partial charge in [-0.05, 0) is 49.9 Å². The van der Waals surface area contributed by atoms with Crippen molar-refractivity contribution < 1.29 is 14.7 Å². The predicted molar refractivity (Wildman–Crippen MR) is 81.4 cm³/mol. The summed E-state index contributed by atoms with van der Waals surface area (Å²) in [6.07, 6.45) is 8.93. The van der Waals surface area contributed by atoms with Gasteiger partial charge >= 0.3 is 12.0 Å². The Bertz CT molecular complexity index is 486. The van der Waals surface area contributed by atoms with E-state index in [1.807, 2.05) is 0 Å². The van der Waals surface area contributed by atoms with E-state index in [0.717, 1.165) is 31.6 Å². The van der Waals surface area contributed by atoms with Gasteiger partial charge < -0.3 is 15.3 Å². The number of rotatable bonds is 2. The standard InChI is InChI=1S/C17H26N2O3/c20-15(21)17-7-1-2-13(17)9-19(10-17)16(22)18-14-8-11-3-5-12(14)6-4-11/h11-14H,1-10H2,(H,18,22)(H,20,21)/t11?,12?,13-,14?,17+/m0/s1. The van der Waals surface area contributed by atoms with E-state index in [-0.39, 0.29) is 11.9 Å². The molecule has 0 spiro atoms. The molecule has 0 aromatic rings. The summed E-state index contributed by atoms with van der Waals surface area (Å²) in [4.78, 5) is 26.1. The number of fused-ring (bicyclic) bond motifs is 4. The van der Waals surface area contributed by atoms with Crippen LogP contribution in [0.15, 0.2) is 0 Å². The smallest absolute Gasteiger partial charge is 0.317 e. The van der Waals surface area contributed by atoms with Crippen molar-refractivity contribution in [1.82, 2.24) is 10.2 Å². The number of hydrogen-bond acceptors (Lipinski definition) is 2. The van der Waals surface area contributed by atoms with Gasteiger partial charge in [0.2, 0.25) is 0 Å². The van der Waals surface area contributed by atoms with Gasteiger partial charge in [0.25, 0.3) is 0 Å². The maximum absolute atomic E-state index is 12.6. The molecule has 4 aliphatic carbocycles. The van der Waals surface area contributed by atoms with Gasteiger partial charge in [0.15, 0.2) is 0 Å². The summed E-state index contributed by atoms with van der Waals surface area (Å²) in [5.41, 5.74) is -0.664. The molecular formula is C17H26N2O3. The lowest BCUT2D eigenvalue weighted by Gasteiger charge is -2.43. The van der Waals surface area contributed by atoms with Crippen LogP contribution in [0.2, 0.25) is 0 Å². The SMILES string of the molecule is O=C(NC1CC2CCC1CC2)N1C[C@@H]2CCC[C@@]2(C(=O)O)C1. The van der Waals surface area contributed by atoms with Crippen molar-refractivity contribution in [2.45, 2.75) is 57.4 Å². The van der Waals surface area contributed by atoms with E-state index in [1.54, 1.807) is 4.90 Å². The third kappa shape index (κ3) is 2.12. The first-order valence-corrected chi connectivity index (χ1v) is 8.87. The zero-order valence-corrected chi connectivity index (χ0v) is 13.1. The average molecular weight is 306 g/mol. The first-order valence-electron chi connectivity index (χ1n) is 8.87. The summed E-state index contributed by atoms with van der Waals surface area (Å²) < 4.78 is 0. The number of nitrogens with zero attached hydrogens (tertiary/aromatic N) is 1. The van der Waals surface area contributed by atoms with Crippen LogP contribution in [0.3, 0.4) is 0 Å². The molecule has 2 N–H and O–H groups in total. The van der Waals surface area contributed by atoms with E-state index >= 15 is 0 Å². The molecule has 1 saturated heterocycles. The van der Waals surface area contributed by atoms with E-state index in [9.17, 15) is 14.7 Å². The number of carboxylic acid groups (broad SMARTS) is 1. The van der Waals surface area contributed by atoms with Crippen LogP contribution < -0.4 is 5.32 Å². The van der Waals surface area contributed by atoms with Crippen LogP contribution in [0.5, 0.6) is 0 Å². The molecule has 3 atom stereocenters.